The number of aromatic nitrogens is 2. The summed E-state index contributed by atoms with van der Waals surface area (Å²) in [5.41, 5.74) is 7.17. The molecule has 19 heavy (non-hydrogen) atoms. The first kappa shape index (κ1) is 13.1. The lowest BCUT2D eigenvalue weighted by Gasteiger charge is -2.06. The Hall–Kier alpha value is -2.34. The molecule has 0 saturated heterocycles. The summed E-state index contributed by atoms with van der Waals surface area (Å²) in [5, 5.41) is 9.91. The van der Waals surface area contributed by atoms with E-state index >= 15 is 0 Å². The van der Waals surface area contributed by atoms with Crippen LogP contribution in [0.4, 0.5) is 4.79 Å². The van der Waals surface area contributed by atoms with Crippen LogP contribution in [0.25, 0.3) is 5.69 Å². The molecule has 0 aliphatic heterocycles. The largest absolute Gasteiger partial charge is 0.352 e. The van der Waals surface area contributed by atoms with Gasteiger partial charge in [-0.2, -0.15) is 5.10 Å². The molecule has 1 heterocycles. The van der Waals surface area contributed by atoms with E-state index in [4.69, 9.17) is 5.73 Å². The van der Waals surface area contributed by atoms with Crippen LogP contribution in [0.5, 0.6) is 0 Å². The molecule has 0 fully saturated rings. The van der Waals surface area contributed by atoms with Crippen molar-refractivity contribution < 1.29 is 4.79 Å². The molecule has 0 spiro atoms. The Morgan fingerprint density at radius 1 is 1.26 bits per heavy atom. The van der Waals surface area contributed by atoms with Crippen LogP contribution in [0.1, 0.15) is 5.56 Å². The van der Waals surface area contributed by atoms with Crippen LogP contribution in [0.2, 0.25) is 0 Å². The Morgan fingerprint density at radius 3 is 2.68 bits per heavy atom. The highest BCUT2D eigenvalue weighted by atomic mass is 16.2. The summed E-state index contributed by atoms with van der Waals surface area (Å²) in [6, 6.07) is 9.53. The molecule has 6 nitrogen and oxygen atoms in total. The van der Waals surface area contributed by atoms with Gasteiger partial charge < -0.3 is 16.4 Å². The van der Waals surface area contributed by atoms with Crippen LogP contribution < -0.4 is 16.4 Å². The average molecular weight is 259 g/mol. The molecule has 2 rings (SSSR count). The minimum Gasteiger partial charge on any atom is -0.352 e. The predicted octanol–water partition coefficient (Wildman–Crippen LogP) is 0.630. The molecule has 0 unspecified atom stereocenters. The number of hydrogen-bond acceptors (Lipinski definition) is 3. The number of primary amides is 1. The number of carbonyl (C=O) groups is 1. The third kappa shape index (κ3) is 4.11. The highest BCUT2D eigenvalue weighted by Crippen LogP contribution is 2.08. The zero-order valence-electron chi connectivity index (χ0n) is 10.5. The van der Waals surface area contributed by atoms with E-state index in [-0.39, 0.29) is 0 Å². The van der Waals surface area contributed by atoms with Crippen molar-refractivity contribution in [3.05, 3.63) is 48.3 Å². The minimum atomic E-state index is -0.495. The van der Waals surface area contributed by atoms with Crippen LogP contribution >= 0.6 is 0 Å². The van der Waals surface area contributed by atoms with Crippen LogP contribution in [-0.4, -0.2) is 28.9 Å². The first-order chi connectivity index (χ1) is 9.25. The van der Waals surface area contributed by atoms with Gasteiger partial charge in [-0.3, -0.25) is 0 Å². The van der Waals surface area contributed by atoms with E-state index in [2.05, 4.69) is 15.7 Å². The number of rotatable bonds is 6. The number of nitrogens with one attached hydrogen (secondary N) is 2. The summed E-state index contributed by atoms with van der Waals surface area (Å²) in [6.07, 6.45) is 3.66. The molecule has 0 atom stereocenters. The Bertz CT molecular complexity index is 506. The van der Waals surface area contributed by atoms with Crippen molar-refractivity contribution in [2.45, 2.75) is 6.54 Å². The molecule has 0 aliphatic rings. The second-order valence-corrected chi connectivity index (χ2v) is 4.08. The summed E-state index contributed by atoms with van der Waals surface area (Å²) in [5.74, 6) is 0. The van der Waals surface area contributed by atoms with Gasteiger partial charge in [0.05, 0.1) is 5.69 Å². The minimum absolute atomic E-state index is 0.495. The first-order valence-electron chi connectivity index (χ1n) is 6.09. The highest BCUT2D eigenvalue weighted by Gasteiger charge is 1.97. The molecule has 1 aromatic heterocycles. The van der Waals surface area contributed by atoms with Gasteiger partial charge in [-0.05, 0) is 23.8 Å². The van der Waals surface area contributed by atoms with Gasteiger partial charge in [0.25, 0.3) is 0 Å². The van der Waals surface area contributed by atoms with Gasteiger partial charge in [0.2, 0.25) is 0 Å². The second-order valence-electron chi connectivity index (χ2n) is 4.08. The fourth-order valence-electron chi connectivity index (χ4n) is 1.69. The van der Waals surface area contributed by atoms with E-state index in [9.17, 15) is 4.79 Å². The normalized spacial score (nSPS) is 10.3. The zero-order chi connectivity index (χ0) is 13.5. The summed E-state index contributed by atoms with van der Waals surface area (Å²) >= 11 is 0. The fraction of sp³-hybridized carbons (Fsp3) is 0.231. The zero-order valence-corrected chi connectivity index (χ0v) is 10.5. The quantitative estimate of drug-likeness (QED) is 0.665. The third-order valence-electron chi connectivity index (χ3n) is 2.64. The lowest BCUT2D eigenvalue weighted by molar-refractivity contribution is 0.249. The van der Waals surface area contributed by atoms with Crippen molar-refractivity contribution in [3.8, 4) is 5.69 Å². The summed E-state index contributed by atoms with van der Waals surface area (Å²) < 4.78 is 1.81. The second kappa shape index (κ2) is 6.55. The van der Waals surface area contributed by atoms with E-state index in [0.717, 1.165) is 12.2 Å². The maximum absolute atomic E-state index is 10.5. The summed E-state index contributed by atoms with van der Waals surface area (Å²) in [7, 11) is 0. The monoisotopic (exact) mass is 259 g/mol. The molecular weight excluding hydrogens is 242 g/mol. The smallest absolute Gasteiger partial charge is 0.312 e. The van der Waals surface area contributed by atoms with Crippen LogP contribution in [0, 0.1) is 0 Å². The molecule has 100 valence electrons. The molecule has 0 aliphatic carbocycles. The van der Waals surface area contributed by atoms with Crippen molar-refractivity contribution in [1.82, 2.24) is 20.4 Å². The topological polar surface area (TPSA) is 85.0 Å². The van der Waals surface area contributed by atoms with Crippen molar-refractivity contribution in [3.63, 3.8) is 0 Å². The molecule has 6 heteroatoms. The van der Waals surface area contributed by atoms with Gasteiger partial charge in [-0.1, -0.05) is 12.1 Å². The van der Waals surface area contributed by atoms with Gasteiger partial charge >= 0.3 is 6.03 Å². The number of hydrogen-bond donors (Lipinski definition) is 3. The number of carbonyl (C=O) groups excluding carboxylic acids is 1. The molecular formula is C13H17N5O. The maximum Gasteiger partial charge on any atom is 0.312 e. The van der Waals surface area contributed by atoms with Crippen molar-refractivity contribution in [2.75, 3.05) is 13.1 Å². The van der Waals surface area contributed by atoms with E-state index in [1.165, 1.54) is 5.56 Å². The molecule has 2 aromatic rings. The molecule has 0 saturated carbocycles. The molecule has 2 amide bonds. The number of urea groups is 1. The van der Waals surface area contributed by atoms with E-state index < -0.39 is 6.03 Å². The first-order valence-corrected chi connectivity index (χ1v) is 6.09. The van der Waals surface area contributed by atoms with Gasteiger partial charge in [-0.25, -0.2) is 9.48 Å². The van der Waals surface area contributed by atoms with E-state index in [1.807, 2.05) is 41.2 Å². The van der Waals surface area contributed by atoms with Crippen molar-refractivity contribution >= 4 is 6.03 Å². The third-order valence-corrected chi connectivity index (χ3v) is 2.64. The predicted molar refractivity (Wildman–Crippen MR) is 72.9 cm³/mol. The number of nitrogens with two attached hydrogens (primary N) is 1. The Kier molecular flexibility index (Phi) is 4.52. The van der Waals surface area contributed by atoms with Crippen molar-refractivity contribution in [2.24, 2.45) is 5.73 Å². The standard InChI is InChI=1S/C13H17N5O/c14-13(19)16-8-7-15-10-11-2-4-12(5-3-11)18-9-1-6-17-18/h1-6,9,15H,7-8,10H2,(H3,14,16,19). The van der Waals surface area contributed by atoms with Crippen LogP contribution in [-0.2, 0) is 6.54 Å². The Labute approximate surface area is 111 Å². The van der Waals surface area contributed by atoms with Crippen molar-refractivity contribution in [1.29, 1.82) is 0 Å². The number of benzene rings is 1. The van der Waals surface area contributed by atoms with Crippen LogP contribution in [0.15, 0.2) is 42.7 Å². The fourth-order valence-corrected chi connectivity index (χ4v) is 1.69. The van der Waals surface area contributed by atoms with E-state index in [0.29, 0.717) is 13.1 Å². The highest BCUT2D eigenvalue weighted by molar-refractivity contribution is 5.71. The summed E-state index contributed by atoms with van der Waals surface area (Å²) in [6.45, 7) is 1.96. The molecule has 4 N–H and O–H groups in total. The average Bonchev–Trinajstić information content (AvgIpc) is 2.93. The lowest BCUT2D eigenvalue weighted by atomic mass is 10.2. The van der Waals surface area contributed by atoms with Gasteiger partial charge in [0.1, 0.15) is 0 Å². The summed E-state index contributed by atoms with van der Waals surface area (Å²) in [4.78, 5) is 10.5. The Balaban J connectivity index is 1.78. The maximum atomic E-state index is 10.5. The Morgan fingerprint density at radius 2 is 2.05 bits per heavy atom. The molecule has 1 aromatic carbocycles. The van der Waals surface area contributed by atoms with E-state index in [1.54, 1.807) is 6.20 Å². The number of nitrogens with zero attached hydrogens (tertiary/aromatic N) is 2. The van der Waals surface area contributed by atoms with Gasteiger partial charge in [-0.15, -0.1) is 0 Å². The van der Waals surface area contributed by atoms with Crippen LogP contribution in [0.3, 0.4) is 0 Å². The van der Waals surface area contributed by atoms with Gasteiger partial charge in [0.15, 0.2) is 0 Å². The molecule has 0 bridgehead atoms. The molecule has 0 radical (unpaired) electrons. The SMILES string of the molecule is NC(=O)NCCNCc1ccc(-n2cccn2)cc1. The van der Waals surface area contributed by atoms with Gasteiger partial charge in [0, 0.05) is 32.0 Å². The lowest BCUT2D eigenvalue weighted by Crippen LogP contribution is -2.35. The number of amides is 2.